The highest BCUT2D eigenvalue weighted by molar-refractivity contribution is 7.13. The molecule has 2 aliphatic rings. The maximum absolute atomic E-state index is 12.5. The minimum Gasteiger partial charge on any atom is -0.481 e. The number of benzene rings is 1. The van der Waals surface area contributed by atoms with Crippen LogP contribution in [-0.2, 0) is 4.79 Å². The first kappa shape index (κ1) is 17.1. The molecule has 1 atom stereocenters. The second-order valence-electron chi connectivity index (χ2n) is 7.58. The molecule has 3 aromatic rings. The molecule has 28 heavy (non-hydrogen) atoms. The van der Waals surface area contributed by atoms with E-state index >= 15 is 0 Å². The van der Waals surface area contributed by atoms with Gasteiger partial charge < -0.3 is 10.4 Å². The van der Waals surface area contributed by atoms with Gasteiger partial charge in [-0.05, 0) is 36.8 Å². The van der Waals surface area contributed by atoms with Gasteiger partial charge in [-0.1, -0.05) is 18.2 Å². The molecule has 2 N–H and O–H groups in total. The van der Waals surface area contributed by atoms with Crippen molar-refractivity contribution >= 4 is 23.2 Å². The highest BCUT2D eigenvalue weighted by Gasteiger charge is 2.65. The zero-order valence-corrected chi connectivity index (χ0v) is 15.7. The normalized spacial score (nSPS) is 25.3. The summed E-state index contributed by atoms with van der Waals surface area (Å²) in [7, 11) is 0. The van der Waals surface area contributed by atoms with Crippen molar-refractivity contribution in [3.8, 4) is 16.3 Å². The number of carboxylic acids is 1. The van der Waals surface area contributed by atoms with Crippen LogP contribution in [0.1, 0.15) is 29.8 Å². The van der Waals surface area contributed by atoms with Gasteiger partial charge in [-0.2, -0.15) is 5.10 Å². The van der Waals surface area contributed by atoms with Crippen LogP contribution in [-0.4, -0.2) is 37.8 Å². The quantitative estimate of drug-likeness (QED) is 0.693. The van der Waals surface area contributed by atoms with E-state index in [0.29, 0.717) is 5.69 Å². The summed E-state index contributed by atoms with van der Waals surface area (Å²) in [6.45, 7) is 0. The monoisotopic (exact) mass is 394 g/mol. The molecule has 2 saturated carbocycles. The Morgan fingerprint density at radius 2 is 2.00 bits per heavy atom. The van der Waals surface area contributed by atoms with Gasteiger partial charge in [0.15, 0.2) is 0 Å². The molecule has 0 radical (unpaired) electrons. The zero-order chi connectivity index (χ0) is 19.3. The number of nitrogens with zero attached hydrogens (tertiary/aromatic N) is 3. The highest BCUT2D eigenvalue weighted by Crippen LogP contribution is 2.65. The van der Waals surface area contributed by atoms with Crippen molar-refractivity contribution < 1.29 is 14.7 Å². The Bertz CT molecular complexity index is 1050. The number of amides is 1. The number of hydrogen-bond acceptors (Lipinski definition) is 5. The van der Waals surface area contributed by atoms with Crippen molar-refractivity contribution in [3.05, 3.63) is 53.8 Å². The molecule has 7 nitrogen and oxygen atoms in total. The first-order valence-electron chi connectivity index (χ1n) is 9.14. The van der Waals surface area contributed by atoms with Crippen LogP contribution < -0.4 is 5.32 Å². The minimum atomic E-state index is -0.718. The van der Waals surface area contributed by atoms with E-state index in [9.17, 15) is 9.59 Å². The lowest BCUT2D eigenvalue weighted by Crippen LogP contribution is -2.46. The molecule has 1 spiro atoms. The highest BCUT2D eigenvalue weighted by atomic mass is 32.1. The predicted molar refractivity (Wildman–Crippen MR) is 103 cm³/mol. The Balaban J connectivity index is 1.23. The molecule has 0 bridgehead atoms. The summed E-state index contributed by atoms with van der Waals surface area (Å²) in [5, 5.41) is 18.9. The van der Waals surface area contributed by atoms with Crippen LogP contribution in [0.25, 0.3) is 16.3 Å². The van der Waals surface area contributed by atoms with Gasteiger partial charge in [0, 0.05) is 23.2 Å². The number of thiazole rings is 1. The van der Waals surface area contributed by atoms with Crippen molar-refractivity contribution in [3.63, 3.8) is 0 Å². The first-order chi connectivity index (χ1) is 13.5. The smallest absolute Gasteiger partial charge is 0.307 e. The molecule has 1 amide bonds. The summed E-state index contributed by atoms with van der Waals surface area (Å²) in [5.41, 5.74) is 2.14. The number of rotatable bonds is 5. The topological polar surface area (TPSA) is 97.1 Å². The van der Waals surface area contributed by atoms with Gasteiger partial charge in [-0.15, -0.1) is 11.3 Å². The number of hydrogen-bond donors (Lipinski definition) is 2. The van der Waals surface area contributed by atoms with E-state index in [1.165, 1.54) is 11.3 Å². The van der Waals surface area contributed by atoms with Gasteiger partial charge in [0.1, 0.15) is 10.7 Å². The molecule has 1 aromatic carbocycles. The molecule has 8 heteroatoms. The summed E-state index contributed by atoms with van der Waals surface area (Å²) in [5.74, 6) is -1.15. The number of carbonyl (C=O) groups is 2. The fraction of sp³-hybridized carbons (Fsp3) is 0.300. The fourth-order valence-corrected chi connectivity index (χ4v) is 4.87. The van der Waals surface area contributed by atoms with Gasteiger partial charge in [-0.3, -0.25) is 9.59 Å². The summed E-state index contributed by atoms with van der Waals surface area (Å²) >= 11 is 1.41. The number of carbonyl (C=O) groups excluding carboxylic acids is 1. The standard InChI is InChI=1S/C20H18N4O3S/c25-17(22-13-6-20(7-13)8-15(20)19(26)27)16-11-28-18(23-16)12-9-21-24(10-12)14-4-2-1-3-5-14/h1-5,9-11,13,15H,6-8H2,(H,22,25)(H,26,27)/t13?,15-,20?/m0/s1. The van der Waals surface area contributed by atoms with Crippen LogP contribution in [0.3, 0.4) is 0 Å². The molecule has 2 aromatic heterocycles. The maximum atomic E-state index is 12.5. The van der Waals surface area contributed by atoms with Crippen LogP contribution in [0.5, 0.6) is 0 Å². The number of aliphatic carboxylic acids is 1. The molecule has 2 aliphatic carbocycles. The van der Waals surface area contributed by atoms with Gasteiger partial charge in [0.2, 0.25) is 0 Å². The van der Waals surface area contributed by atoms with E-state index in [4.69, 9.17) is 5.11 Å². The number of aromatic nitrogens is 3. The second kappa shape index (κ2) is 6.27. The van der Waals surface area contributed by atoms with Gasteiger partial charge >= 0.3 is 5.97 Å². The Kier molecular flexibility index (Phi) is 3.83. The van der Waals surface area contributed by atoms with E-state index in [-0.39, 0.29) is 23.3 Å². The molecule has 2 fully saturated rings. The van der Waals surface area contributed by atoms with Crippen molar-refractivity contribution in [2.45, 2.75) is 25.3 Å². The third-order valence-corrected chi connectivity index (χ3v) is 6.61. The third-order valence-electron chi connectivity index (χ3n) is 5.72. The summed E-state index contributed by atoms with van der Waals surface area (Å²) in [6, 6.07) is 9.84. The SMILES string of the molecule is O=C(NC1CC2(C1)C[C@H]2C(=O)O)c1csc(-c2cnn(-c3ccccc3)c2)n1. The van der Waals surface area contributed by atoms with E-state index in [1.54, 1.807) is 16.3 Å². The van der Waals surface area contributed by atoms with Crippen LogP contribution in [0.15, 0.2) is 48.1 Å². The molecular weight excluding hydrogens is 376 g/mol. The molecule has 0 aliphatic heterocycles. The largest absolute Gasteiger partial charge is 0.481 e. The Morgan fingerprint density at radius 1 is 1.21 bits per heavy atom. The van der Waals surface area contributed by atoms with Crippen LogP contribution >= 0.6 is 11.3 Å². The minimum absolute atomic E-state index is 0.0443. The van der Waals surface area contributed by atoms with Gasteiger partial charge in [0.25, 0.3) is 5.91 Å². The Labute approximate surface area is 165 Å². The Morgan fingerprint density at radius 3 is 2.71 bits per heavy atom. The summed E-state index contributed by atoms with van der Waals surface area (Å²) < 4.78 is 1.78. The van der Waals surface area contributed by atoms with Crippen LogP contribution in [0.4, 0.5) is 0 Å². The van der Waals surface area contributed by atoms with Gasteiger partial charge in [0.05, 0.1) is 17.8 Å². The number of carboxylic acid groups (broad SMARTS) is 1. The average Bonchev–Trinajstić information content (AvgIpc) is 3.04. The van der Waals surface area contributed by atoms with Crippen LogP contribution in [0.2, 0.25) is 0 Å². The van der Waals surface area contributed by atoms with Crippen molar-refractivity contribution in [2.24, 2.45) is 11.3 Å². The first-order valence-corrected chi connectivity index (χ1v) is 10.0. The molecule has 142 valence electrons. The van der Waals surface area contributed by atoms with Crippen molar-refractivity contribution in [1.29, 1.82) is 0 Å². The van der Waals surface area contributed by atoms with E-state index < -0.39 is 5.97 Å². The summed E-state index contributed by atoms with van der Waals surface area (Å²) in [4.78, 5) is 28.0. The predicted octanol–water partition coefficient (Wildman–Crippen LogP) is 2.98. The zero-order valence-electron chi connectivity index (χ0n) is 14.9. The molecule has 2 heterocycles. The molecule has 0 unspecified atom stereocenters. The lowest BCUT2D eigenvalue weighted by Gasteiger charge is -2.36. The molecule has 5 rings (SSSR count). The van der Waals surface area contributed by atoms with Crippen molar-refractivity contribution in [1.82, 2.24) is 20.1 Å². The molecular formula is C20H18N4O3S. The Hall–Kier alpha value is -3.00. The van der Waals surface area contributed by atoms with E-state index in [1.807, 2.05) is 36.5 Å². The second-order valence-corrected chi connectivity index (χ2v) is 8.44. The van der Waals surface area contributed by atoms with Crippen molar-refractivity contribution in [2.75, 3.05) is 0 Å². The molecule has 0 saturated heterocycles. The van der Waals surface area contributed by atoms with E-state index in [0.717, 1.165) is 35.5 Å². The number of para-hydroxylation sites is 1. The maximum Gasteiger partial charge on any atom is 0.307 e. The lowest BCUT2D eigenvalue weighted by atomic mass is 9.75. The third kappa shape index (κ3) is 2.90. The van der Waals surface area contributed by atoms with Crippen LogP contribution in [0, 0.1) is 11.3 Å². The lowest BCUT2D eigenvalue weighted by molar-refractivity contribution is -0.140. The van der Waals surface area contributed by atoms with E-state index in [2.05, 4.69) is 15.4 Å². The number of nitrogens with one attached hydrogen (secondary N) is 1. The summed E-state index contributed by atoms with van der Waals surface area (Å²) in [6.07, 6.45) is 5.86. The fourth-order valence-electron chi connectivity index (χ4n) is 4.10. The average molecular weight is 394 g/mol. The van der Waals surface area contributed by atoms with Gasteiger partial charge in [-0.25, -0.2) is 9.67 Å².